The van der Waals surface area contributed by atoms with E-state index in [1.165, 1.54) is 6.33 Å². The average molecular weight is 521 g/mol. The molecule has 0 fully saturated rings. The topological polar surface area (TPSA) is 124 Å². The van der Waals surface area contributed by atoms with Gasteiger partial charge < -0.3 is 25.3 Å². The minimum Gasteiger partial charge on any atom is -0.424 e. The van der Waals surface area contributed by atoms with Crippen LogP contribution in [0.3, 0.4) is 0 Å². The lowest BCUT2D eigenvalue weighted by Crippen LogP contribution is -2.11. The quantitative estimate of drug-likeness (QED) is 0.286. The number of amides is 1. The molecule has 0 saturated carbocycles. The normalized spacial score (nSPS) is 10.9. The molecule has 0 atom stereocenters. The van der Waals surface area contributed by atoms with Crippen LogP contribution in [0.25, 0.3) is 33.4 Å². The lowest BCUT2D eigenvalue weighted by atomic mass is 9.98. The van der Waals surface area contributed by atoms with Gasteiger partial charge in [0.2, 0.25) is 0 Å². The number of carbonyl (C=O) groups excluding carboxylic acids is 1. The van der Waals surface area contributed by atoms with E-state index in [1.54, 1.807) is 19.3 Å². The van der Waals surface area contributed by atoms with Gasteiger partial charge in [-0.1, -0.05) is 30.8 Å². The Morgan fingerprint density at radius 1 is 0.974 bits per heavy atom. The van der Waals surface area contributed by atoms with Crippen molar-refractivity contribution in [2.75, 3.05) is 30.0 Å². The number of anilines is 3. The highest BCUT2D eigenvalue weighted by Gasteiger charge is 2.22. The van der Waals surface area contributed by atoms with Gasteiger partial charge in [0.15, 0.2) is 0 Å². The van der Waals surface area contributed by atoms with Crippen LogP contribution >= 0.6 is 0 Å². The molecule has 5 aromatic rings. The van der Waals surface area contributed by atoms with Gasteiger partial charge in [-0.3, -0.25) is 4.79 Å². The highest BCUT2D eigenvalue weighted by molar-refractivity contribution is 6.08. The molecule has 0 aliphatic rings. The van der Waals surface area contributed by atoms with Gasteiger partial charge in [-0.15, -0.1) is 0 Å². The molecule has 3 aromatic heterocycles. The Morgan fingerprint density at radius 3 is 2.23 bits per heavy atom. The molecule has 3 N–H and O–H groups in total. The summed E-state index contributed by atoms with van der Waals surface area (Å²) in [5.74, 6) is 0.759. The highest BCUT2D eigenvalue weighted by Crippen LogP contribution is 2.42. The summed E-state index contributed by atoms with van der Waals surface area (Å²) in [6, 6.07) is 15.5. The number of nitrogens with one attached hydrogen (secondary N) is 1. The molecule has 0 aliphatic carbocycles. The molecular formula is C29H28N8O2. The monoisotopic (exact) mass is 520 g/mol. The van der Waals surface area contributed by atoms with E-state index in [1.807, 2.05) is 79.1 Å². The summed E-state index contributed by atoms with van der Waals surface area (Å²) in [6.07, 6.45) is 4.87. The molecule has 196 valence electrons. The van der Waals surface area contributed by atoms with Crippen molar-refractivity contribution in [2.24, 2.45) is 7.05 Å². The van der Waals surface area contributed by atoms with Crippen LogP contribution in [-0.4, -0.2) is 44.5 Å². The standard InChI is InChI=1S/C29H28N8O2/c1-17(2)28(38)35-20-10-6-19(7-11-20)25-23(24-26(30)33-16-34-27(24)37(25)5)18-8-12-22(13-9-18)39-29-31-14-21(15-32-29)36(3)4/h6-16H,1H2,2-5H3,(H,35,38)(H2,30,33,34). The van der Waals surface area contributed by atoms with Crippen LogP contribution in [0.1, 0.15) is 6.92 Å². The second-order valence-corrected chi connectivity index (χ2v) is 9.30. The van der Waals surface area contributed by atoms with Crippen LogP contribution in [0, 0.1) is 0 Å². The predicted molar refractivity (Wildman–Crippen MR) is 154 cm³/mol. The molecule has 0 bridgehead atoms. The molecule has 39 heavy (non-hydrogen) atoms. The number of carbonyl (C=O) groups is 1. The van der Waals surface area contributed by atoms with Gasteiger partial charge in [0.05, 0.1) is 29.2 Å². The number of nitrogens with zero attached hydrogens (tertiary/aromatic N) is 6. The lowest BCUT2D eigenvalue weighted by Gasteiger charge is -2.12. The van der Waals surface area contributed by atoms with Crippen molar-refractivity contribution in [1.82, 2.24) is 24.5 Å². The van der Waals surface area contributed by atoms with Gasteiger partial charge >= 0.3 is 6.01 Å². The number of aryl methyl sites for hydroxylation is 1. The number of ether oxygens (including phenoxy) is 1. The van der Waals surface area contributed by atoms with Gasteiger partial charge in [-0.2, -0.15) is 0 Å². The Balaban J connectivity index is 1.53. The Labute approximate surface area is 225 Å². The number of hydrogen-bond donors (Lipinski definition) is 2. The number of rotatable bonds is 7. The molecule has 10 nitrogen and oxygen atoms in total. The maximum absolute atomic E-state index is 12.0. The molecule has 0 radical (unpaired) electrons. The van der Waals surface area contributed by atoms with E-state index >= 15 is 0 Å². The third kappa shape index (κ3) is 4.99. The number of aromatic nitrogens is 5. The predicted octanol–water partition coefficient (Wildman–Crippen LogP) is 5.05. The molecule has 0 unspecified atom stereocenters. The van der Waals surface area contributed by atoms with Crippen LogP contribution < -0.4 is 20.7 Å². The SMILES string of the molecule is C=C(C)C(=O)Nc1ccc(-c2c(-c3ccc(Oc4ncc(N(C)C)cn4)cc3)c3c(N)ncnc3n2C)cc1. The van der Waals surface area contributed by atoms with Gasteiger partial charge in [0, 0.05) is 38.0 Å². The van der Waals surface area contributed by atoms with E-state index < -0.39 is 0 Å². The van der Waals surface area contributed by atoms with E-state index in [2.05, 4.69) is 31.8 Å². The average Bonchev–Trinajstić information content (AvgIpc) is 3.23. The number of fused-ring (bicyclic) bond motifs is 1. The van der Waals surface area contributed by atoms with E-state index in [0.717, 1.165) is 33.5 Å². The first-order chi connectivity index (χ1) is 18.7. The largest absolute Gasteiger partial charge is 0.424 e. The van der Waals surface area contributed by atoms with Crippen LogP contribution in [0.15, 0.2) is 79.4 Å². The van der Waals surface area contributed by atoms with E-state index in [0.29, 0.717) is 28.5 Å². The molecule has 0 saturated heterocycles. The van der Waals surface area contributed by atoms with Crippen molar-refractivity contribution in [3.05, 3.63) is 79.4 Å². The van der Waals surface area contributed by atoms with Crippen molar-refractivity contribution < 1.29 is 9.53 Å². The smallest absolute Gasteiger partial charge is 0.322 e. The summed E-state index contributed by atoms with van der Waals surface area (Å²) in [6.45, 7) is 5.35. The molecule has 3 heterocycles. The minimum absolute atomic E-state index is 0.225. The van der Waals surface area contributed by atoms with Crippen molar-refractivity contribution in [3.8, 4) is 34.1 Å². The number of nitrogens with two attached hydrogens (primary N) is 1. The van der Waals surface area contributed by atoms with Crippen molar-refractivity contribution in [3.63, 3.8) is 0 Å². The highest BCUT2D eigenvalue weighted by atomic mass is 16.5. The molecule has 2 aromatic carbocycles. The summed E-state index contributed by atoms with van der Waals surface area (Å²) < 4.78 is 7.86. The number of hydrogen-bond acceptors (Lipinski definition) is 8. The van der Waals surface area contributed by atoms with E-state index in [9.17, 15) is 4.79 Å². The maximum atomic E-state index is 12.0. The Kier molecular flexibility index (Phi) is 6.68. The first kappa shape index (κ1) is 25.4. The molecule has 10 heteroatoms. The van der Waals surface area contributed by atoms with Crippen LogP contribution in [0.5, 0.6) is 11.8 Å². The van der Waals surface area contributed by atoms with Gasteiger partial charge in [-0.25, -0.2) is 19.9 Å². The lowest BCUT2D eigenvalue weighted by molar-refractivity contribution is -0.112. The van der Waals surface area contributed by atoms with E-state index in [-0.39, 0.29) is 11.9 Å². The zero-order valence-electron chi connectivity index (χ0n) is 22.1. The Bertz CT molecular complexity index is 1670. The second kappa shape index (κ2) is 10.3. The summed E-state index contributed by atoms with van der Waals surface area (Å²) in [5.41, 5.74) is 12.7. The van der Waals surface area contributed by atoms with Crippen molar-refractivity contribution >= 4 is 34.1 Å². The molecule has 0 aliphatic heterocycles. The molecular weight excluding hydrogens is 492 g/mol. The van der Waals surface area contributed by atoms with Gasteiger partial charge in [0.1, 0.15) is 23.5 Å². The second-order valence-electron chi connectivity index (χ2n) is 9.30. The van der Waals surface area contributed by atoms with Crippen molar-refractivity contribution in [2.45, 2.75) is 6.92 Å². The Morgan fingerprint density at radius 2 is 1.62 bits per heavy atom. The first-order valence-corrected chi connectivity index (χ1v) is 12.2. The van der Waals surface area contributed by atoms with Gasteiger partial charge in [-0.05, 0) is 42.3 Å². The maximum Gasteiger partial charge on any atom is 0.322 e. The fourth-order valence-corrected chi connectivity index (χ4v) is 4.23. The fraction of sp³-hybridized carbons (Fsp3) is 0.138. The van der Waals surface area contributed by atoms with Crippen LogP contribution in [0.2, 0.25) is 0 Å². The summed E-state index contributed by atoms with van der Waals surface area (Å²) in [5, 5.41) is 3.59. The number of nitrogen functional groups attached to an aromatic ring is 1. The molecule has 1 amide bonds. The number of benzene rings is 2. The van der Waals surface area contributed by atoms with Crippen LogP contribution in [0.4, 0.5) is 17.2 Å². The zero-order valence-corrected chi connectivity index (χ0v) is 22.1. The van der Waals surface area contributed by atoms with Gasteiger partial charge in [0.25, 0.3) is 5.91 Å². The van der Waals surface area contributed by atoms with Crippen molar-refractivity contribution in [1.29, 1.82) is 0 Å². The van der Waals surface area contributed by atoms with E-state index in [4.69, 9.17) is 10.5 Å². The summed E-state index contributed by atoms with van der Waals surface area (Å²) >= 11 is 0. The summed E-state index contributed by atoms with van der Waals surface area (Å²) in [4.78, 5) is 31.3. The third-order valence-electron chi connectivity index (χ3n) is 6.28. The zero-order chi connectivity index (χ0) is 27.7. The fourth-order valence-electron chi connectivity index (χ4n) is 4.23. The third-order valence-corrected chi connectivity index (χ3v) is 6.28. The molecule has 5 rings (SSSR count). The van der Waals surface area contributed by atoms with Crippen LogP contribution in [-0.2, 0) is 11.8 Å². The molecule has 0 spiro atoms. The minimum atomic E-state index is -0.225. The Hall–Kier alpha value is -5.25. The summed E-state index contributed by atoms with van der Waals surface area (Å²) in [7, 11) is 5.79. The first-order valence-electron chi connectivity index (χ1n) is 12.2.